The van der Waals surface area contributed by atoms with Crippen LogP contribution in [0.4, 0.5) is 0 Å². The molecule has 0 bridgehead atoms. The number of rotatable bonds is 7. The van der Waals surface area contributed by atoms with E-state index < -0.39 is 0 Å². The molecule has 0 amide bonds. The van der Waals surface area contributed by atoms with E-state index in [4.69, 9.17) is 14.2 Å². The molecule has 2 aromatic rings. The summed E-state index contributed by atoms with van der Waals surface area (Å²) in [6.07, 6.45) is 2.24. The Labute approximate surface area is 139 Å². The van der Waals surface area contributed by atoms with Gasteiger partial charge in [0, 0.05) is 0 Å². The van der Waals surface area contributed by atoms with Gasteiger partial charge < -0.3 is 14.2 Å². The van der Waals surface area contributed by atoms with E-state index in [0.29, 0.717) is 23.2 Å². The second kappa shape index (κ2) is 7.91. The third-order valence-electron chi connectivity index (χ3n) is 4.30. The molecular formula is C20H25O3. The Morgan fingerprint density at radius 2 is 1.39 bits per heavy atom. The zero-order chi connectivity index (χ0) is 16.8. The summed E-state index contributed by atoms with van der Waals surface area (Å²) in [5, 5.41) is 0. The van der Waals surface area contributed by atoms with E-state index in [1.807, 2.05) is 18.2 Å². The Bertz CT molecular complexity index is 597. The van der Waals surface area contributed by atoms with Crippen LogP contribution in [0.25, 0.3) is 0 Å². The minimum absolute atomic E-state index is 0.288. The van der Waals surface area contributed by atoms with Crippen molar-refractivity contribution in [2.75, 3.05) is 21.3 Å². The van der Waals surface area contributed by atoms with Crippen molar-refractivity contribution in [3.8, 4) is 17.2 Å². The van der Waals surface area contributed by atoms with Crippen molar-refractivity contribution < 1.29 is 14.2 Å². The molecule has 0 saturated heterocycles. The molecule has 0 heterocycles. The van der Waals surface area contributed by atoms with Gasteiger partial charge in [0.15, 0.2) is 11.5 Å². The number of hydrogen-bond donors (Lipinski definition) is 0. The molecule has 2 atom stereocenters. The average molecular weight is 313 g/mol. The van der Waals surface area contributed by atoms with Crippen LogP contribution in [0.2, 0.25) is 0 Å². The van der Waals surface area contributed by atoms with Gasteiger partial charge in [-0.3, -0.25) is 0 Å². The van der Waals surface area contributed by atoms with Crippen molar-refractivity contribution in [1.82, 2.24) is 0 Å². The van der Waals surface area contributed by atoms with Crippen molar-refractivity contribution in [3.05, 3.63) is 60.0 Å². The lowest BCUT2D eigenvalue weighted by atomic mass is 9.81. The second-order valence-electron chi connectivity index (χ2n) is 5.52. The fourth-order valence-corrected chi connectivity index (χ4v) is 3.02. The SMILES string of the molecule is C[CH]C(c1ccccc1)C(C)c1cc(OC)c(OC)c(OC)c1. The van der Waals surface area contributed by atoms with Crippen LogP contribution in [0.1, 0.15) is 36.8 Å². The number of benzene rings is 2. The van der Waals surface area contributed by atoms with Gasteiger partial charge >= 0.3 is 0 Å². The fraction of sp³-hybridized carbons (Fsp3) is 0.350. The highest BCUT2D eigenvalue weighted by molar-refractivity contribution is 5.55. The van der Waals surface area contributed by atoms with Crippen molar-refractivity contribution >= 4 is 0 Å². The van der Waals surface area contributed by atoms with Crippen molar-refractivity contribution in [2.24, 2.45) is 0 Å². The lowest BCUT2D eigenvalue weighted by Crippen LogP contribution is -2.09. The van der Waals surface area contributed by atoms with Gasteiger partial charge in [0.25, 0.3) is 0 Å². The maximum absolute atomic E-state index is 5.47. The van der Waals surface area contributed by atoms with Crippen LogP contribution < -0.4 is 14.2 Å². The quantitative estimate of drug-likeness (QED) is 0.733. The van der Waals surface area contributed by atoms with Crippen LogP contribution in [-0.4, -0.2) is 21.3 Å². The van der Waals surface area contributed by atoms with E-state index in [-0.39, 0.29) is 5.92 Å². The lowest BCUT2D eigenvalue weighted by Gasteiger charge is -2.25. The van der Waals surface area contributed by atoms with Gasteiger partial charge in [-0.25, -0.2) is 0 Å². The third kappa shape index (κ3) is 3.61. The first-order valence-corrected chi connectivity index (χ1v) is 7.80. The number of methoxy groups -OCH3 is 3. The molecule has 3 heteroatoms. The summed E-state index contributed by atoms with van der Waals surface area (Å²) in [5.74, 6) is 2.62. The fourth-order valence-electron chi connectivity index (χ4n) is 3.02. The molecule has 0 aliphatic heterocycles. The van der Waals surface area contributed by atoms with E-state index in [0.717, 1.165) is 5.56 Å². The predicted molar refractivity (Wildman–Crippen MR) is 93.7 cm³/mol. The van der Waals surface area contributed by atoms with Crippen LogP contribution in [0.15, 0.2) is 42.5 Å². The highest BCUT2D eigenvalue weighted by atomic mass is 16.5. The van der Waals surface area contributed by atoms with Gasteiger partial charge in [0.2, 0.25) is 5.75 Å². The molecule has 0 fully saturated rings. The smallest absolute Gasteiger partial charge is 0.203 e. The van der Waals surface area contributed by atoms with Gasteiger partial charge in [0.05, 0.1) is 21.3 Å². The van der Waals surface area contributed by atoms with E-state index in [1.54, 1.807) is 21.3 Å². The summed E-state index contributed by atoms with van der Waals surface area (Å²) in [7, 11) is 4.91. The molecule has 1 radical (unpaired) electrons. The lowest BCUT2D eigenvalue weighted by molar-refractivity contribution is 0.323. The molecule has 2 unspecified atom stereocenters. The van der Waals surface area contributed by atoms with Crippen molar-refractivity contribution in [2.45, 2.75) is 25.7 Å². The molecule has 0 aromatic heterocycles. The highest BCUT2D eigenvalue weighted by Gasteiger charge is 2.22. The molecule has 0 saturated carbocycles. The standard InChI is InChI=1S/C20H25O3/c1-6-17(15-10-8-7-9-11-15)14(2)16-12-18(21-3)20(23-5)19(13-16)22-4/h6-14,17H,1-5H3. The van der Waals surface area contributed by atoms with Crippen LogP contribution in [0, 0.1) is 6.42 Å². The molecule has 0 N–H and O–H groups in total. The topological polar surface area (TPSA) is 27.7 Å². The Morgan fingerprint density at radius 1 is 0.826 bits per heavy atom. The molecule has 123 valence electrons. The van der Waals surface area contributed by atoms with E-state index in [2.05, 4.69) is 44.5 Å². The number of hydrogen-bond acceptors (Lipinski definition) is 3. The monoisotopic (exact) mass is 313 g/mol. The van der Waals surface area contributed by atoms with Crippen molar-refractivity contribution in [3.63, 3.8) is 0 Å². The Kier molecular flexibility index (Phi) is 5.91. The Balaban J connectivity index is 2.43. The molecular weight excluding hydrogens is 288 g/mol. The first-order chi connectivity index (χ1) is 11.2. The van der Waals surface area contributed by atoms with Crippen LogP contribution in [0.5, 0.6) is 17.2 Å². The summed E-state index contributed by atoms with van der Waals surface area (Å²) < 4.78 is 16.4. The maximum atomic E-state index is 5.47. The predicted octanol–water partition coefficient (Wildman–Crippen LogP) is 4.82. The molecule has 0 aliphatic rings. The Hall–Kier alpha value is -2.16. The summed E-state index contributed by atoms with van der Waals surface area (Å²) in [6, 6.07) is 14.6. The first-order valence-electron chi connectivity index (χ1n) is 7.80. The minimum Gasteiger partial charge on any atom is -0.493 e. The molecule has 3 nitrogen and oxygen atoms in total. The van der Waals surface area contributed by atoms with Gasteiger partial charge in [-0.1, -0.05) is 44.2 Å². The summed E-state index contributed by atoms with van der Waals surface area (Å²) in [4.78, 5) is 0. The molecule has 0 spiro atoms. The summed E-state index contributed by atoms with van der Waals surface area (Å²) >= 11 is 0. The molecule has 23 heavy (non-hydrogen) atoms. The van der Waals surface area contributed by atoms with E-state index in [1.165, 1.54) is 5.56 Å². The average Bonchev–Trinajstić information content (AvgIpc) is 2.61. The number of ether oxygens (including phenoxy) is 3. The second-order valence-corrected chi connectivity index (χ2v) is 5.52. The molecule has 2 rings (SSSR count). The minimum atomic E-state index is 0.288. The van der Waals surface area contributed by atoms with E-state index >= 15 is 0 Å². The largest absolute Gasteiger partial charge is 0.493 e. The van der Waals surface area contributed by atoms with Crippen molar-refractivity contribution in [1.29, 1.82) is 0 Å². The zero-order valence-electron chi connectivity index (χ0n) is 14.5. The summed E-state index contributed by atoms with van der Waals surface area (Å²) in [5.41, 5.74) is 2.46. The third-order valence-corrected chi connectivity index (χ3v) is 4.30. The van der Waals surface area contributed by atoms with Gasteiger partial charge in [0.1, 0.15) is 0 Å². The van der Waals surface area contributed by atoms with Gasteiger partial charge in [-0.2, -0.15) is 0 Å². The Morgan fingerprint density at radius 3 is 1.83 bits per heavy atom. The van der Waals surface area contributed by atoms with Crippen LogP contribution in [0.3, 0.4) is 0 Å². The summed E-state index contributed by atoms with van der Waals surface area (Å²) in [6.45, 7) is 4.32. The van der Waals surface area contributed by atoms with Crippen LogP contribution in [-0.2, 0) is 0 Å². The van der Waals surface area contributed by atoms with E-state index in [9.17, 15) is 0 Å². The van der Waals surface area contributed by atoms with Gasteiger partial charge in [-0.15, -0.1) is 0 Å². The van der Waals surface area contributed by atoms with Gasteiger partial charge in [-0.05, 0) is 41.5 Å². The maximum Gasteiger partial charge on any atom is 0.203 e. The van der Waals surface area contributed by atoms with Crippen LogP contribution >= 0.6 is 0 Å². The zero-order valence-corrected chi connectivity index (χ0v) is 14.5. The first kappa shape index (κ1) is 17.2. The normalized spacial score (nSPS) is 13.3. The molecule has 2 aromatic carbocycles. The highest BCUT2D eigenvalue weighted by Crippen LogP contribution is 2.43. The molecule has 0 aliphatic carbocycles.